The van der Waals surface area contributed by atoms with Crippen molar-refractivity contribution in [3.8, 4) is 0 Å². The zero-order valence-electron chi connectivity index (χ0n) is 14.3. The lowest BCUT2D eigenvalue weighted by Gasteiger charge is -2.26. The minimum atomic E-state index is 0.540. The summed E-state index contributed by atoms with van der Waals surface area (Å²) in [7, 11) is 0. The molecular formula is C17H25N7O. The summed E-state index contributed by atoms with van der Waals surface area (Å²) in [5.41, 5.74) is 7.79. The molecule has 0 amide bonds. The molecule has 3 rings (SSSR count). The highest BCUT2D eigenvalue weighted by Gasteiger charge is 2.10. The lowest BCUT2D eigenvalue weighted by molar-refractivity contribution is 0.0378. The number of hydrogen-bond donors (Lipinski definition) is 3. The third-order valence-corrected chi connectivity index (χ3v) is 4.11. The molecule has 1 fully saturated rings. The number of anilines is 3. The molecule has 0 atom stereocenters. The molecule has 1 saturated heterocycles. The minimum Gasteiger partial charge on any atom is -0.393 e. The van der Waals surface area contributed by atoms with E-state index in [1.54, 1.807) is 6.20 Å². The molecular weight excluding hydrogens is 318 g/mol. The first-order valence-corrected chi connectivity index (χ1v) is 8.60. The number of hydrogen-bond acceptors (Lipinski definition) is 8. The van der Waals surface area contributed by atoms with Crippen LogP contribution in [0.1, 0.15) is 12.0 Å². The normalized spacial score (nSPS) is 15.0. The first-order chi connectivity index (χ1) is 12.3. The van der Waals surface area contributed by atoms with Crippen molar-refractivity contribution in [3.63, 3.8) is 0 Å². The van der Waals surface area contributed by atoms with Crippen molar-refractivity contribution >= 4 is 17.3 Å². The minimum absolute atomic E-state index is 0.540. The Morgan fingerprint density at radius 3 is 2.72 bits per heavy atom. The number of ether oxygens (including phenoxy) is 1. The van der Waals surface area contributed by atoms with Gasteiger partial charge in [-0.05, 0) is 24.6 Å². The Morgan fingerprint density at radius 2 is 1.96 bits per heavy atom. The van der Waals surface area contributed by atoms with Crippen LogP contribution in [0.3, 0.4) is 0 Å². The molecule has 0 aromatic carbocycles. The van der Waals surface area contributed by atoms with E-state index in [4.69, 9.17) is 10.5 Å². The van der Waals surface area contributed by atoms with Crippen molar-refractivity contribution in [1.29, 1.82) is 0 Å². The maximum absolute atomic E-state index is 6.18. The highest BCUT2D eigenvalue weighted by Crippen LogP contribution is 2.22. The van der Waals surface area contributed by atoms with Gasteiger partial charge >= 0.3 is 0 Å². The van der Waals surface area contributed by atoms with Gasteiger partial charge in [-0.1, -0.05) is 6.07 Å². The van der Waals surface area contributed by atoms with Crippen molar-refractivity contribution < 1.29 is 4.74 Å². The average molecular weight is 343 g/mol. The van der Waals surface area contributed by atoms with E-state index < -0.39 is 0 Å². The number of nitrogens with zero attached hydrogens (tertiary/aromatic N) is 4. The maximum atomic E-state index is 6.18. The third-order valence-electron chi connectivity index (χ3n) is 4.11. The lowest BCUT2D eigenvalue weighted by Crippen LogP contribution is -2.37. The summed E-state index contributed by atoms with van der Waals surface area (Å²) >= 11 is 0. The second-order valence-corrected chi connectivity index (χ2v) is 5.93. The maximum Gasteiger partial charge on any atom is 0.155 e. The largest absolute Gasteiger partial charge is 0.393 e. The molecule has 1 aliphatic heterocycles. The fourth-order valence-corrected chi connectivity index (χ4v) is 2.70. The molecule has 0 unspecified atom stereocenters. The van der Waals surface area contributed by atoms with Crippen LogP contribution in [0.2, 0.25) is 0 Å². The molecule has 3 heterocycles. The van der Waals surface area contributed by atoms with Gasteiger partial charge in [0.15, 0.2) is 11.6 Å². The average Bonchev–Trinajstić information content (AvgIpc) is 2.67. The SMILES string of the molecule is Nc1c(NCCCN2CCOCC2)ncnc1NCc1cccnc1. The van der Waals surface area contributed by atoms with Crippen molar-refractivity contribution in [1.82, 2.24) is 19.9 Å². The molecule has 2 aromatic rings. The number of nitrogens with one attached hydrogen (secondary N) is 2. The molecule has 1 aliphatic rings. The smallest absolute Gasteiger partial charge is 0.155 e. The number of nitrogen functional groups attached to an aromatic ring is 1. The molecule has 0 spiro atoms. The topological polar surface area (TPSA) is 101 Å². The summed E-state index contributed by atoms with van der Waals surface area (Å²) in [4.78, 5) is 15.0. The van der Waals surface area contributed by atoms with Crippen LogP contribution in [-0.2, 0) is 11.3 Å². The quantitative estimate of drug-likeness (QED) is 0.615. The van der Waals surface area contributed by atoms with E-state index in [0.717, 1.165) is 51.4 Å². The number of nitrogens with two attached hydrogens (primary N) is 1. The predicted octanol–water partition coefficient (Wildman–Crippen LogP) is 1.20. The number of morpholine rings is 1. The van der Waals surface area contributed by atoms with Gasteiger partial charge in [0.05, 0.1) is 13.2 Å². The van der Waals surface area contributed by atoms with Crippen LogP contribution in [0.15, 0.2) is 30.9 Å². The number of pyridine rings is 1. The second-order valence-electron chi connectivity index (χ2n) is 5.93. The van der Waals surface area contributed by atoms with Gasteiger partial charge in [-0.3, -0.25) is 9.88 Å². The molecule has 0 aliphatic carbocycles. The molecule has 8 nitrogen and oxygen atoms in total. The van der Waals surface area contributed by atoms with Crippen LogP contribution in [0.25, 0.3) is 0 Å². The summed E-state index contributed by atoms with van der Waals surface area (Å²) in [6.45, 7) is 6.17. The highest BCUT2D eigenvalue weighted by molar-refractivity contribution is 5.73. The Bertz CT molecular complexity index is 647. The molecule has 134 valence electrons. The van der Waals surface area contributed by atoms with E-state index in [1.807, 2.05) is 18.3 Å². The standard InChI is InChI=1S/C17H25N7O/c18-15-16(20-5-2-6-24-7-9-25-10-8-24)22-13-23-17(15)21-12-14-3-1-4-19-11-14/h1,3-4,11,13H,2,5-10,12,18H2,(H2,20,21,22,23). The Morgan fingerprint density at radius 1 is 1.16 bits per heavy atom. The zero-order chi connectivity index (χ0) is 17.3. The number of rotatable bonds is 8. The van der Waals surface area contributed by atoms with Gasteiger partial charge < -0.3 is 21.1 Å². The molecule has 4 N–H and O–H groups in total. The fourth-order valence-electron chi connectivity index (χ4n) is 2.70. The van der Waals surface area contributed by atoms with E-state index >= 15 is 0 Å². The Labute approximate surface area is 147 Å². The van der Waals surface area contributed by atoms with Crippen LogP contribution >= 0.6 is 0 Å². The molecule has 0 bridgehead atoms. The van der Waals surface area contributed by atoms with Crippen molar-refractivity contribution in [3.05, 3.63) is 36.4 Å². The van der Waals surface area contributed by atoms with Gasteiger partial charge in [-0.25, -0.2) is 9.97 Å². The molecule has 2 aromatic heterocycles. The van der Waals surface area contributed by atoms with Gasteiger partial charge in [-0.2, -0.15) is 0 Å². The Hall–Kier alpha value is -2.45. The Kier molecular flexibility index (Phi) is 6.35. The summed E-state index contributed by atoms with van der Waals surface area (Å²) in [5.74, 6) is 1.31. The van der Waals surface area contributed by atoms with E-state index in [-0.39, 0.29) is 0 Å². The fraction of sp³-hybridized carbons (Fsp3) is 0.471. The summed E-state index contributed by atoms with van der Waals surface area (Å²) < 4.78 is 5.36. The lowest BCUT2D eigenvalue weighted by atomic mass is 10.3. The van der Waals surface area contributed by atoms with Crippen molar-refractivity contribution in [2.24, 2.45) is 0 Å². The first kappa shape index (κ1) is 17.4. The summed E-state index contributed by atoms with van der Waals surface area (Å²) in [6.07, 6.45) is 6.12. The van der Waals surface area contributed by atoms with Crippen LogP contribution < -0.4 is 16.4 Å². The van der Waals surface area contributed by atoms with Crippen molar-refractivity contribution in [2.75, 3.05) is 55.8 Å². The molecule has 0 radical (unpaired) electrons. The van der Waals surface area contributed by atoms with Gasteiger partial charge in [-0.15, -0.1) is 0 Å². The van der Waals surface area contributed by atoms with Gasteiger partial charge in [0.25, 0.3) is 0 Å². The Balaban J connectivity index is 1.46. The van der Waals surface area contributed by atoms with Crippen LogP contribution in [-0.4, -0.2) is 59.2 Å². The predicted molar refractivity (Wildman–Crippen MR) is 98.4 cm³/mol. The monoisotopic (exact) mass is 343 g/mol. The van der Waals surface area contributed by atoms with E-state index in [1.165, 1.54) is 6.33 Å². The van der Waals surface area contributed by atoms with Gasteiger partial charge in [0, 0.05) is 38.6 Å². The van der Waals surface area contributed by atoms with E-state index in [2.05, 4.69) is 30.5 Å². The molecule has 0 saturated carbocycles. The van der Waals surface area contributed by atoms with Crippen molar-refractivity contribution in [2.45, 2.75) is 13.0 Å². The van der Waals surface area contributed by atoms with Crippen LogP contribution in [0, 0.1) is 0 Å². The van der Waals surface area contributed by atoms with Crippen LogP contribution in [0.5, 0.6) is 0 Å². The van der Waals surface area contributed by atoms with E-state index in [9.17, 15) is 0 Å². The highest BCUT2D eigenvalue weighted by atomic mass is 16.5. The number of aromatic nitrogens is 3. The molecule has 8 heteroatoms. The van der Waals surface area contributed by atoms with Crippen LogP contribution in [0.4, 0.5) is 17.3 Å². The summed E-state index contributed by atoms with van der Waals surface area (Å²) in [6, 6.07) is 3.91. The van der Waals surface area contributed by atoms with Gasteiger partial charge in [0.1, 0.15) is 12.0 Å². The zero-order valence-corrected chi connectivity index (χ0v) is 14.3. The third kappa shape index (κ3) is 5.27. The summed E-state index contributed by atoms with van der Waals surface area (Å²) in [5, 5.41) is 6.54. The van der Waals surface area contributed by atoms with E-state index in [0.29, 0.717) is 23.9 Å². The van der Waals surface area contributed by atoms with Gasteiger partial charge in [0.2, 0.25) is 0 Å². The molecule has 25 heavy (non-hydrogen) atoms. The second kappa shape index (κ2) is 9.14. The first-order valence-electron chi connectivity index (χ1n) is 8.60.